The zero-order chi connectivity index (χ0) is 18.0. The largest absolute Gasteiger partial charge is 0.481 e. The van der Waals surface area contributed by atoms with E-state index in [2.05, 4.69) is 10.3 Å². The zero-order valence-electron chi connectivity index (χ0n) is 14.3. The first-order chi connectivity index (χ1) is 11.9. The fourth-order valence-corrected chi connectivity index (χ4v) is 3.78. The highest BCUT2D eigenvalue weighted by Crippen LogP contribution is 2.31. The molecule has 0 atom stereocenters. The first kappa shape index (κ1) is 17.3. The number of nitrogens with zero attached hydrogens (tertiary/aromatic N) is 1. The minimum Gasteiger partial charge on any atom is -0.481 e. The van der Waals surface area contributed by atoms with Crippen LogP contribution in [0.3, 0.4) is 0 Å². The first-order valence-electron chi connectivity index (χ1n) is 8.71. The number of imidazole rings is 1. The number of hydrogen-bond donors (Lipinski definition) is 3. The minimum atomic E-state index is -0.900. The Labute approximate surface area is 145 Å². The molecule has 1 fully saturated rings. The van der Waals surface area contributed by atoms with Crippen molar-refractivity contribution >= 4 is 22.9 Å². The number of amides is 1. The third kappa shape index (κ3) is 3.45. The summed E-state index contributed by atoms with van der Waals surface area (Å²) in [6.07, 6.45) is 4.19. The van der Waals surface area contributed by atoms with Crippen molar-refractivity contribution in [3.05, 3.63) is 34.2 Å². The van der Waals surface area contributed by atoms with Gasteiger partial charge in [0, 0.05) is 12.1 Å². The molecule has 0 spiro atoms. The highest BCUT2D eigenvalue weighted by molar-refractivity contribution is 5.98. The number of rotatable bonds is 5. The molecule has 0 bridgehead atoms. The standard InChI is InChI=1S/C18H23N3O4/c1-2-21-14-10-12(6-7-13(14)19-17(21)25)16(24)20-18(11-15(22)23)8-4-3-5-9-18/h6-7,10H,2-5,8-9,11H2,1H3,(H,19,25)(H,20,24)(H,22,23). The molecule has 2 aromatic rings. The van der Waals surface area contributed by atoms with Crippen LogP contribution >= 0.6 is 0 Å². The molecule has 1 saturated carbocycles. The van der Waals surface area contributed by atoms with Crippen molar-refractivity contribution in [2.45, 2.75) is 57.5 Å². The SMILES string of the molecule is CCn1c(=O)[nH]c2ccc(C(=O)NC3(CC(=O)O)CCCCC3)cc21. The van der Waals surface area contributed by atoms with E-state index in [1.807, 2.05) is 6.92 Å². The fraction of sp³-hybridized carbons (Fsp3) is 0.500. The van der Waals surface area contributed by atoms with Crippen LogP contribution in [0, 0.1) is 0 Å². The van der Waals surface area contributed by atoms with E-state index in [9.17, 15) is 19.5 Å². The van der Waals surface area contributed by atoms with Gasteiger partial charge in [0.05, 0.1) is 23.0 Å². The molecule has 134 valence electrons. The van der Waals surface area contributed by atoms with Gasteiger partial charge < -0.3 is 15.4 Å². The smallest absolute Gasteiger partial charge is 0.326 e. The summed E-state index contributed by atoms with van der Waals surface area (Å²) in [5.74, 6) is -1.19. The molecule has 1 aliphatic rings. The van der Waals surface area contributed by atoms with Crippen LogP contribution in [-0.2, 0) is 11.3 Å². The Morgan fingerprint density at radius 1 is 1.28 bits per heavy atom. The number of carbonyl (C=O) groups is 2. The molecule has 1 aliphatic carbocycles. The average molecular weight is 345 g/mol. The number of fused-ring (bicyclic) bond motifs is 1. The lowest BCUT2D eigenvalue weighted by Gasteiger charge is -2.37. The van der Waals surface area contributed by atoms with Gasteiger partial charge in [0.25, 0.3) is 5.91 Å². The minimum absolute atomic E-state index is 0.0647. The van der Waals surface area contributed by atoms with Crippen LogP contribution in [0.4, 0.5) is 0 Å². The van der Waals surface area contributed by atoms with Crippen molar-refractivity contribution in [3.8, 4) is 0 Å². The molecule has 0 saturated heterocycles. The van der Waals surface area contributed by atoms with Crippen molar-refractivity contribution in [1.82, 2.24) is 14.9 Å². The van der Waals surface area contributed by atoms with Gasteiger partial charge in [-0.2, -0.15) is 0 Å². The van der Waals surface area contributed by atoms with Crippen LogP contribution in [0.5, 0.6) is 0 Å². The molecule has 0 radical (unpaired) electrons. The second kappa shape index (κ2) is 6.74. The lowest BCUT2D eigenvalue weighted by molar-refractivity contribution is -0.139. The Kier molecular flexibility index (Phi) is 4.65. The number of carbonyl (C=O) groups excluding carboxylic acids is 1. The number of aliphatic carboxylic acids is 1. The van der Waals surface area contributed by atoms with Gasteiger partial charge >= 0.3 is 11.7 Å². The monoisotopic (exact) mass is 345 g/mol. The van der Waals surface area contributed by atoms with Gasteiger partial charge in [-0.25, -0.2) is 4.79 Å². The van der Waals surface area contributed by atoms with Crippen molar-refractivity contribution in [2.24, 2.45) is 0 Å². The molecule has 0 aliphatic heterocycles. The van der Waals surface area contributed by atoms with Crippen LogP contribution in [0.2, 0.25) is 0 Å². The number of aryl methyl sites for hydroxylation is 1. The van der Waals surface area contributed by atoms with E-state index in [-0.39, 0.29) is 18.0 Å². The Morgan fingerprint density at radius 3 is 2.64 bits per heavy atom. The van der Waals surface area contributed by atoms with Crippen LogP contribution in [0.1, 0.15) is 55.8 Å². The van der Waals surface area contributed by atoms with Gasteiger partial charge in [-0.1, -0.05) is 19.3 Å². The first-order valence-corrected chi connectivity index (χ1v) is 8.71. The lowest BCUT2D eigenvalue weighted by Crippen LogP contribution is -2.51. The third-order valence-electron chi connectivity index (χ3n) is 5.03. The number of aromatic amines is 1. The normalized spacial score (nSPS) is 16.7. The highest BCUT2D eigenvalue weighted by atomic mass is 16.4. The maximum absolute atomic E-state index is 12.7. The predicted octanol–water partition coefficient (Wildman–Crippen LogP) is 2.26. The number of hydrogen-bond acceptors (Lipinski definition) is 3. The summed E-state index contributed by atoms with van der Waals surface area (Å²) in [6, 6.07) is 5.05. The number of nitrogens with one attached hydrogen (secondary N) is 2. The Hall–Kier alpha value is -2.57. The maximum Gasteiger partial charge on any atom is 0.326 e. The van der Waals surface area contributed by atoms with E-state index in [4.69, 9.17) is 0 Å². The van der Waals surface area contributed by atoms with E-state index in [0.717, 1.165) is 19.3 Å². The van der Waals surface area contributed by atoms with E-state index in [1.165, 1.54) is 0 Å². The highest BCUT2D eigenvalue weighted by Gasteiger charge is 2.36. The van der Waals surface area contributed by atoms with Gasteiger partial charge in [0.2, 0.25) is 0 Å². The third-order valence-corrected chi connectivity index (χ3v) is 5.03. The molecule has 7 nitrogen and oxygen atoms in total. The van der Waals surface area contributed by atoms with Gasteiger partial charge in [-0.15, -0.1) is 0 Å². The van der Waals surface area contributed by atoms with Gasteiger partial charge in [-0.05, 0) is 38.0 Å². The van der Waals surface area contributed by atoms with Crippen molar-refractivity contribution in [2.75, 3.05) is 0 Å². The lowest BCUT2D eigenvalue weighted by atomic mass is 9.79. The van der Waals surface area contributed by atoms with Gasteiger partial charge in [-0.3, -0.25) is 14.2 Å². The molecule has 1 aromatic carbocycles. The molecular formula is C18H23N3O4. The summed E-state index contributed by atoms with van der Waals surface area (Å²) in [5, 5.41) is 12.2. The Bertz CT molecular complexity index is 859. The van der Waals surface area contributed by atoms with Crippen molar-refractivity contribution < 1.29 is 14.7 Å². The summed E-state index contributed by atoms with van der Waals surface area (Å²) in [4.78, 5) is 38.6. The van der Waals surface area contributed by atoms with Crippen LogP contribution in [0.15, 0.2) is 23.0 Å². The molecule has 1 heterocycles. The van der Waals surface area contributed by atoms with E-state index in [0.29, 0.717) is 36.0 Å². The number of aromatic nitrogens is 2. The quantitative estimate of drug-likeness (QED) is 0.773. The summed E-state index contributed by atoms with van der Waals surface area (Å²) < 4.78 is 1.57. The average Bonchev–Trinajstić information content (AvgIpc) is 2.88. The van der Waals surface area contributed by atoms with Crippen molar-refractivity contribution in [3.63, 3.8) is 0 Å². The van der Waals surface area contributed by atoms with E-state index < -0.39 is 11.5 Å². The number of H-pyrrole nitrogens is 1. The molecule has 25 heavy (non-hydrogen) atoms. The van der Waals surface area contributed by atoms with Crippen LogP contribution < -0.4 is 11.0 Å². The van der Waals surface area contributed by atoms with Gasteiger partial charge in [0.1, 0.15) is 0 Å². The number of benzene rings is 1. The molecule has 0 unspecified atom stereocenters. The van der Waals surface area contributed by atoms with Gasteiger partial charge in [0.15, 0.2) is 0 Å². The number of carboxylic acids is 1. The van der Waals surface area contributed by atoms with E-state index in [1.54, 1.807) is 22.8 Å². The van der Waals surface area contributed by atoms with Crippen LogP contribution in [0.25, 0.3) is 11.0 Å². The van der Waals surface area contributed by atoms with E-state index >= 15 is 0 Å². The second-order valence-electron chi connectivity index (χ2n) is 6.77. The topological polar surface area (TPSA) is 104 Å². The molecule has 7 heteroatoms. The summed E-state index contributed by atoms with van der Waals surface area (Å²) in [5.41, 5.74) is 0.907. The Morgan fingerprint density at radius 2 is 2.00 bits per heavy atom. The maximum atomic E-state index is 12.7. The van der Waals surface area contributed by atoms with Crippen molar-refractivity contribution in [1.29, 1.82) is 0 Å². The molecule has 3 rings (SSSR count). The Balaban J connectivity index is 1.90. The zero-order valence-corrected chi connectivity index (χ0v) is 14.3. The molecule has 3 N–H and O–H groups in total. The second-order valence-corrected chi connectivity index (χ2v) is 6.77. The molecule has 1 aromatic heterocycles. The predicted molar refractivity (Wildman–Crippen MR) is 93.8 cm³/mol. The molecular weight excluding hydrogens is 322 g/mol. The molecule has 1 amide bonds. The van der Waals surface area contributed by atoms with Crippen LogP contribution in [-0.4, -0.2) is 32.1 Å². The fourth-order valence-electron chi connectivity index (χ4n) is 3.78. The summed E-state index contributed by atoms with van der Waals surface area (Å²) in [7, 11) is 0. The summed E-state index contributed by atoms with van der Waals surface area (Å²) in [6.45, 7) is 2.37. The number of carboxylic acid groups (broad SMARTS) is 1. The summed E-state index contributed by atoms with van der Waals surface area (Å²) >= 11 is 0.